The molecule has 1 aliphatic rings. The highest BCUT2D eigenvalue weighted by Gasteiger charge is 2.24. The van der Waals surface area contributed by atoms with E-state index >= 15 is 0 Å². The van der Waals surface area contributed by atoms with Gasteiger partial charge >= 0.3 is 0 Å². The number of phenols is 1. The Morgan fingerprint density at radius 1 is 1.10 bits per heavy atom. The highest BCUT2D eigenvalue weighted by atomic mass is 35.5. The summed E-state index contributed by atoms with van der Waals surface area (Å²) in [6.45, 7) is 3.78. The van der Waals surface area contributed by atoms with Crippen molar-refractivity contribution in [3.05, 3.63) is 47.0 Å². The Labute approximate surface area is 175 Å². The van der Waals surface area contributed by atoms with E-state index in [0.717, 1.165) is 25.2 Å². The monoisotopic (exact) mass is 421 g/mol. The van der Waals surface area contributed by atoms with Crippen molar-refractivity contribution in [2.24, 2.45) is 0 Å². The van der Waals surface area contributed by atoms with E-state index < -0.39 is 0 Å². The first-order valence-electron chi connectivity index (χ1n) is 9.43. The lowest BCUT2D eigenvalue weighted by atomic mass is 10.1. The number of methoxy groups -OCH3 is 2. The maximum Gasteiger partial charge on any atom is 0.260 e. The van der Waals surface area contributed by atoms with Crippen molar-refractivity contribution in [1.82, 2.24) is 4.90 Å². The second kappa shape index (κ2) is 9.71. The number of halogens is 1. The third-order valence-electron chi connectivity index (χ3n) is 4.99. The van der Waals surface area contributed by atoms with Crippen molar-refractivity contribution in [1.29, 1.82) is 0 Å². The number of hydrogen-bond acceptors (Lipinski definition) is 5. The second-order valence-electron chi connectivity index (χ2n) is 6.90. The van der Waals surface area contributed by atoms with Crippen LogP contribution in [0.2, 0.25) is 5.02 Å². The Bertz CT molecular complexity index is 810. The fourth-order valence-corrected chi connectivity index (χ4v) is 3.48. The number of nitrogens with one attached hydrogen (secondary N) is 1. The zero-order valence-electron chi connectivity index (χ0n) is 16.6. The van der Waals surface area contributed by atoms with Gasteiger partial charge in [0.05, 0.1) is 40.4 Å². The maximum atomic E-state index is 12.4. The predicted molar refractivity (Wildman–Crippen MR) is 109 cm³/mol. The van der Waals surface area contributed by atoms with Crippen LogP contribution >= 0.6 is 11.6 Å². The van der Waals surface area contributed by atoms with Gasteiger partial charge in [-0.3, -0.25) is 4.79 Å². The van der Waals surface area contributed by atoms with Gasteiger partial charge in [-0.05, 0) is 36.4 Å². The Morgan fingerprint density at radius 2 is 1.69 bits per heavy atom. The number of nitrogens with zero attached hydrogens (tertiary/aromatic N) is 1. The molecule has 0 aliphatic carbocycles. The van der Waals surface area contributed by atoms with Gasteiger partial charge in [0.2, 0.25) is 5.75 Å². The standard InChI is InChI=1S/C21H25ClN2O5/c1-27-18-11-15(12-19(28-2)21(18)26)13-23-7-9-24(10-8-23)20(25)14-29-17-5-3-16(22)4-6-17/h3-6,11-12,26H,7-10,13-14H2,1-2H3/p+1. The summed E-state index contributed by atoms with van der Waals surface area (Å²) in [7, 11) is 3.03. The third-order valence-corrected chi connectivity index (χ3v) is 5.24. The van der Waals surface area contributed by atoms with Gasteiger partial charge in [0.15, 0.2) is 18.1 Å². The van der Waals surface area contributed by atoms with Crippen molar-refractivity contribution in [2.75, 3.05) is 47.0 Å². The number of benzene rings is 2. The summed E-state index contributed by atoms with van der Waals surface area (Å²) < 4.78 is 16.0. The number of hydrogen-bond donors (Lipinski definition) is 2. The number of ether oxygens (including phenoxy) is 3. The summed E-state index contributed by atoms with van der Waals surface area (Å²) in [6, 6.07) is 10.6. The zero-order valence-corrected chi connectivity index (χ0v) is 17.4. The van der Waals surface area contributed by atoms with E-state index in [1.54, 1.807) is 24.3 Å². The minimum absolute atomic E-state index is 0.00449. The quantitative estimate of drug-likeness (QED) is 0.706. The van der Waals surface area contributed by atoms with E-state index in [0.29, 0.717) is 35.4 Å². The molecule has 0 saturated carbocycles. The van der Waals surface area contributed by atoms with Crippen molar-refractivity contribution in [3.8, 4) is 23.0 Å². The Morgan fingerprint density at radius 3 is 2.24 bits per heavy atom. The number of rotatable bonds is 7. The molecule has 29 heavy (non-hydrogen) atoms. The predicted octanol–water partition coefficient (Wildman–Crippen LogP) is 1.37. The van der Waals surface area contributed by atoms with Crippen molar-refractivity contribution in [2.45, 2.75) is 6.54 Å². The van der Waals surface area contributed by atoms with Gasteiger partial charge < -0.3 is 29.1 Å². The highest BCUT2D eigenvalue weighted by molar-refractivity contribution is 6.30. The van der Waals surface area contributed by atoms with Crippen molar-refractivity contribution in [3.63, 3.8) is 0 Å². The first-order valence-corrected chi connectivity index (χ1v) is 9.81. The van der Waals surface area contributed by atoms with Crippen molar-refractivity contribution < 1.29 is 29.0 Å². The minimum Gasteiger partial charge on any atom is -0.502 e. The maximum absolute atomic E-state index is 12.4. The van der Waals surface area contributed by atoms with Crippen LogP contribution in [0.15, 0.2) is 36.4 Å². The summed E-state index contributed by atoms with van der Waals surface area (Å²) in [4.78, 5) is 15.6. The van der Waals surface area contributed by atoms with Crippen LogP contribution < -0.4 is 19.1 Å². The van der Waals surface area contributed by atoms with Gasteiger partial charge in [0, 0.05) is 10.6 Å². The molecule has 0 atom stereocenters. The molecule has 0 aromatic heterocycles. The van der Waals surface area contributed by atoms with E-state index in [-0.39, 0.29) is 18.3 Å². The Kier molecular flexibility index (Phi) is 7.06. The fraction of sp³-hybridized carbons (Fsp3) is 0.381. The van der Waals surface area contributed by atoms with Gasteiger partial charge in [-0.2, -0.15) is 0 Å². The topological polar surface area (TPSA) is 72.7 Å². The van der Waals surface area contributed by atoms with E-state index in [4.69, 9.17) is 25.8 Å². The lowest BCUT2D eigenvalue weighted by Gasteiger charge is -2.32. The Hall–Kier alpha value is -2.64. The second-order valence-corrected chi connectivity index (χ2v) is 7.34. The average molecular weight is 422 g/mol. The number of carbonyl (C=O) groups is 1. The SMILES string of the molecule is COc1cc(C[NH+]2CCN(C(=O)COc3ccc(Cl)cc3)CC2)cc(OC)c1O. The van der Waals surface area contributed by atoms with Crippen LogP contribution in [-0.2, 0) is 11.3 Å². The molecule has 1 saturated heterocycles. The van der Waals surface area contributed by atoms with Crippen LogP contribution in [0.5, 0.6) is 23.0 Å². The highest BCUT2D eigenvalue weighted by Crippen LogP contribution is 2.36. The summed E-state index contributed by atoms with van der Waals surface area (Å²) in [5.74, 6) is 1.40. The molecule has 156 valence electrons. The molecule has 8 heteroatoms. The van der Waals surface area contributed by atoms with Crippen molar-refractivity contribution >= 4 is 17.5 Å². The number of amides is 1. The van der Waals surface area contributed by atoms with Gasteiger partial charge in [-0.25, -0.2) is 0 Å². The molecule has 2 N–H and O–H groups in total. The smallest absolute Gasteiger partial charge is 0.260 e. The molecule has 0 unspecified atom stereocenters. The van der Waals surface area contributed by atoms with Gasteiger partial charge in [0.1, 0.15) is 12.3 Å². The summed E-state index contributed by atoms with van der Waals surface area (Å²) >= 11 is 5.85. The molecule has 2 aromatic carbocycles. The lowest BCUT2D eigenvalue weighted by Crippen LogP contribution is -3.13. The van der Waals surface area contributed by atoms with Crippen LogP contribution in [0.1, 0.15) is 5.56 Å². The van der Waals surface area contributed by atoms with Crippen LogP contribution in [0, 0.1) is 0 Å². The molecule has 3 rings (SSSR count). The van der Waals surface area contributed by atoms with E-state index in [2.05, 4.69) is 0 Å². The molecule has 1 aliphatic heterocycles. The van der Waals surface area contributed by atoms with Gasteiger partial charge in [-0.15, -0.1) is 0 Å². The fourth-order valence-electron chi connectivity index (χ4n) is 3.35. The molecular formula is C21H26ClN2O5+. The largest absolute Gasteiger partial charge is 0.502 e. The third kappa shape index (κ3) is 5.46. The number of quaternary nitrogens is 1. The first kappa shape index (κ1) is 21.1. The average Bonchev–Trinajstić information content (AvgIpc) is 2.74. The van der Waals surface area contributed by atoms with Gasteiger partial charge in [-0.1, -0.05) is 11.6 Å². The minimum atomic E-state index is -0.0213. The lowest BCUT2D eigenvalue weighted by molar-refractivity contribution is -0.917. The van der Waals surface area contributed by atoms with Crippen LogP contribution in [0.4, 0.5) is 0 Å². The molecule has 0 spiro atoms. The molecule has 0 radical (unpaired) electrons. The number of piperazine rings is 1. The molecule has 1 amide bonds. The zero-order chi connectivity index (χ0) is 20.8. The summed E-state index contributed by atoms with van der Waals surface area (Å²) in [5.41, 5.74) is 1.01. The van der Waals surface area contributed by atoms with Crippen LogP contribution in [0.25, 0.3) is 0 Å². The van der Waals surface area contributed by atoms with Crippen LogP contribution in [-0.4, -0.2) is 62.9 Å². The molecule has 1 heterocycles. The molecular weight excluding hydrogens is 396 g/mol. The number of aromatic hydroxyl groups is 1. The molecule has 7 nitrogen and oxygen atoms in total. The van der Waals surface area contributed by atoms with E-state index in [9.17, 15) is 9.90 Å². The molecule has 2 aromatic rings. The normalized spacial score (nSPS) is 14.5. The number of carbonyl (C=O) groups excluding carboxylic acids is 1. The molecule has 0 bridgehead atoms. The van der Waals surface area contributed by atoms with Gasteiger partial charge in [0.25, 0.3) is 5.91 Å². The van der Waals surface area contributed by atoms with Crippen LogP contribution in [0.3, 0.4) is 0 Å². The first-order chi connectivity index (χ1) is 14.0. The Balaban J connectivity index is 1.50. The van der Waals surface area contributed by atoms with E-state index in [1.807, 2.05) is 17.0 Å². The number of phenolic OH excluding ortho intramolecular Hbond substituents is 1. The summed E-state index contributed by atoms with van der Waals surface area (Å²) in [6.07, 6.45) is 0. The molecule has 1 fully saturated rings. The van der Waals surface area contributed by atoms with E-state index in [1.165, 1.54) is 19.1 Å². The summed E-state index contributed by atoms with van der Waals surface area (Å²) in [5, 5.41) is 10.7.